The fraction of sp³-hybridized carbons (Fsp3) is 0.250. The summed E-state index contributed by atoms with van der Waals surface area (Å²) in [5.74, 6) is -1.26. The molecule has 1 aliphatic rings. The maximum atomic E-state index is 14.1. The van der Waals surface area contributed by atoms with Gasteiger partial charge < -0.3 is 9.88 Å². The largest absolute Gasteiger partial charge is 0.325 e. The Labute approximate surface area is 184 Å². The van der Waals surface area contributed by atoms with Gasteiger partial charge in [0.2, 0.25) is 0 Å². The van der Waals surface area contributed by atoms with Gasteiger partial charge in [0.05, 0.1) is 12.2 Å². The zero-order valence-electron chi connectivity index (χ0n) is 18.3. The van der Waals surface area contributed by atoms with Gasteiger partial charge in [-0.25, -0.2) is 9.18 Å². The maximum absolute atomic E-state index is 14.1. The zero-order chi connectivity index (χ0) is 23.2. The number of Topliss-reactive ketones (excluding diaryl/α,β-unsaturated/α-hetero) is 1. The molecule has 0 spiro atoms. The van der Waals surface area contributed by atoms with Crippen molar-refractivity contribution in [3.8, 4) is 5.69 Å². The van der Waals surface area contributed by atoms with E-state index in [0.717, 1.165) is 10.6 Å². The smallest absolute Gasteiger partial charge is 0.318 e. The van der Waals surface area contributed by atoms with Crippen LogP contribution in [0.4, 0.5) is 9.18 Å². The molecule has 7 nitrogen and oxygen atoms in total. The van der Waals surface area contributed by atoms with Crippen molar-refractivity contribution in [1.82, 2.24) is 19.8 Å². The highest BCUT2D eigenvalue weighted by Gasteiger charge is 2.50. The number of hydrogen-bond acceptors (Lipinski definition) is 4. The molecule has 1 N–H and O–H groups in total. The highest BCUT2D eigenvalue weighted by molar-refractivity contribution is 6.11. The van der Waals surface area contributed by atoms with Crippen molar-refractivity contribution in [3.63, 3.8) is 0 Å². The fourth-order valence-corrected chi connectivity index (χ4v) is 4.06. The van der Waals surface area contributed by atoms with Gasteiger partial charge in [0.25, 0.3) is 5.91 Å². The average molecular weight is 434 g/mol. The molecule has 0 saturated carbocycles. The van der Waals surface area contributed by atoms with Crippen LogP contribution in [0.1, 0.15) is 39.9 Å². The minimum absolute atomic E-state index is 0.337. The number of pyridine rings is 1. The number of hydrogen-bond donors (Lipinski definition) is 1. The predicted octanol–water partition coefficient (Wildman–Crippen LogP) is 3.59. The third-order valence-electron chi connectivity index (χ3n) is 5.90. The number of aryl methyl sites for hydroxylation is 2. The Morgan fingerprint density at radius 3 is 2.53 bits per heavy atom. The van der Waals surface area contributed by atoms with Crippen LogP contribution in [0.25, 0.3) is 5.69 Å². The molecule has 164 valence electrons. The summed E-state index contributed by atoms with van der Waals surface area (Å²) in [7, 11) is 0. The summed E-state index contributed by atoms with van der Waals surface area (Å²) in [6.45, 7) is 6.41. The molecule has 0 bridgehead atoms. The summed E-state index contributed by atoms with van der Waals surface area (Å²) in [6.07, 6.45) is 1.54. The van der Waals surface area contributed by atoms with Crippen LogP contribution >= 0.6 is 0 Å². The van der Waals surface area contributed by atoms with Gasteiger partial charge in [-0.1, -0.05) is 12.1 Å². The Bertz CT molecular complexity index is 1250. The number of benzene rings is 1. The second-order valence-electron chi connectivity index (χ2n) is 8.14. The van der Waals surface area contributed by atoms with Crippen molar-refractivity contribution >= 4 is 17.7 Å². The van der Waals surface area contributed by atoms with Crippen molar-refractivity contribution in [2.24, 2.45) is 0 Å². The normalized spacial score (nSPS) is 18.2. The summed E-state index contributed by atoms with van der Waals surface area (Å²) in [6, 6.07) is 11.0. The molecule has 1 unspecified atom stereocenters. The Hall–Kier alpha value is -3.81. The van der Waals surface area contributed by atoms with Crippen molar-refractivity contribution in [2.75, 3.05) is 6.54 Å². The van der Waals surface area contributed by atoms with Crippen molar-refractivity contribution in [2.45, 2.75) is 33.2 Å². The highest BCUT2D eigenvalue weighted by atomic mass is 19.1. The molecule has 3 heterocycles. The predicted molar refractivity (Wildman–Crippen MR) is 116 cm³/mol. The van der Waals surface area contributed by atoms with Crippen molar-refractivity contribution in [3.05, 3.63) is 82.7 Å². The topological polar surface area (TPSA) is 84.3 Å². The lowest BCUT2D eigenvalue weighted by Crippen LogP contribution is -2.42. The van der Waals surface area contributed by atoms with E-state index in [0.29, 0.717) is 28.2 Å². The van der Waals surface area contributed by atoms with Gasteiger partial charge in [-0.2, -0.15) is 0 Å². The summed E-state index contributed by atoms with van der Waals surface area (Å²) in [5.41, 5.74) is 1.90. The first-order valence-electron chi connectivity index (χ1n) is 10.2. The summed E-state index contributed by atoms with van der Waals surface area (Å²) >= 11 is 0. The number of ketones is 1. The van der Waals surface area contributed by atoms with E-state index in [-0.39, 0.29) is 11.6 Å². The number of carbonyl (C=O) groups excluding carboxylic acids is 3. The summed E-state index contributed by atoms with van der Waals surface area (Å²) in [4.78, 5) is 43.8. The minimum atomic E-state index is -1.34. The number of rotatable bonds is 5. The first kappa shape index (κ1) is 21.4. The molecule has 2 aromatic heterocycles. The van der Waals surface area contributed by atoms with Gasteiger partial charge in [0.1, 0.15) is 5.82 Å². The molecule has 1 fully saturated rings. The number of halogens is 1. The Morgan fingerprint density at radius 2 is 1.88 bits per heavy atom. The molecule has 3 amide bonds. The molecule has 32 heavy (non-hydrogen) atoms. The van der Waals surface area contributed by atoms with Crippen LogP contribution in [-0.2, 0) is 10.3 Å². The molecule has 4 rings (SSSR count). The van der Waals surface area contributed by atoms with Crippen LogP contribution in [-0.4, -0.2) is 38.7 Å². The van der Waals surface area contributed by atoms with Crippen LogP contribution in [0, 0.1) is 26.6 Å². The maximum Gasteiger partial charge on any atom is 0.325 e. The first-order valence-corrected chi connectivity index (χ1v) is 10.2. The van der Waals surface area contributed by atoms with E-state index < -0.39 is 24.0 Å². The van der Waals surface area contributed by atoms with Crippen LogP contribution in [0.5, 0.6) is 0 Å². The molecule has 1 saturated heterocycles. The van der Waals surface area contributed by atoms with Gasteiger partial charge in [0.15, 0.2) is 11.3 Å². The third-order valence-corrected chi connectivity index (χ3v) is 5.90. The third kappa shape index (κ3) is 3.37. The Kier molecular flexibility index (Phi) is 5.16. The molecular formula is C24H23FN4O3. The van der Waals surface area contributed by atoms with Crippen LogP contribution < -0.4 is 5.32 Å². The van der Waals surface area contributed by atoms with E-state index in [1.54, 1.807) is 61.7 Å². The molecule has 3 aromatic rings. The average Bonchev–Trinajstić information content (AvgIpc) is 3.18. The number of nitrogens with zero attached hydrogens (tertiary/aromatic N) is 3. The molecule has 1 aliphatic heterocycles. The van der Waals surface area contributed by atoms with E-state index >= 15 is 0 Å². The lowest BCUT2D eigenvalue weighted by molar-refractivity contribution is -0.130. The number of amides is 3. The molecule has 1 aromatic carbocycles. The van der Waals surface area contributed by atoms with E-state index in [4.69, 9.17) is 0 Å². The van der Waals surface area contributed by atoms with Gasteiger partial charge >= 0.3 is 6.03 Å². The van der Waals surface area contributed by atoms with Gasteiger partial charge in [-0.15, -0.1) is 0 Å². The number of aromatic nitrogens is 2. The van der Waals surface area contributed by atoms with E-state index in [2.05, 4.69) is 10.3 Å². The lowest BCUT2D eigenvalue weighted by atomic mass is 9.97. The molecule has 1 atom stereocenters. The second kappa shape index (κ2) is 7.71. The number of carbonyl (C=O) groups is 3. The fourth-order valence-electron chi connectivity index (χ4n) is 4.06. The SMILES string of the molecule is Cc1ccc(-n2c(C)cc(C(=O)CN3C(=O)NC(C)(c4ccccn4)C3=O)c2C)cc1F. The molecule has 8 heteroatoms. The van der Waals surface area contributed by atoms with Crippen molar-refractivity contribution in [1.29, 1.82) is 0 Å². The van der Waals surface area contributed by atoms with Gasteiger partial charge in [0, 0.05) is 28.8 Å². The Balaban J connectivity index is 1.62. The van der Waals surface area contributed by atoms with E-state index in [1.165, 1.54) is 12.3 Å². The number of nitrogens with one attached hydrogen (secondary N) is 1. The van der Waals surface area contributed by atoms with Crippen LogP contribution in [0.2, 0.25) is 0 Å². The molecular weight excluding hydrogens is 411 g/mol. The quantitative estimate of drug-likeness (QED) is 0.491. The lowest BCUT2D eigenvalue weighted by Gasteiger charge is -2.20. The van der Waals surface area contributed by atoms with E-state index in [1.807, 2.05) is 6.92 Å². The Morgan fingerprint density at radius 1 is 1.12 bits per heavy atom. The molecule has 0 radical (unpaired) electrons. The number of imide groups is 1. The highest BCUT2D eigenvalue weighted by Crippen LogP contribution is 2.28. The molecule has 0 aliphatic carbocycles. The van der Waals surface area contributed by atoms with Gasteiger partial charge in [-0.05, 0) is 63.6 Å². The zero-order valence-corrected chi connectivity index (χ0v) is 18.3. The first-order chi connectivity index (χ1) is 15.1. The van der Waals surface area contributed by atoms with Gasteiger partial charge in [-0.3, -0.25) is 19.5 Å². The minimum Gasteiger partial charge on any atom is -0.318 e. The monoisotopic (exact) mass is 434 g/mol. The number of urea groups is 1. The van der Waals surface area contributed by atoms with Crippen molar-refractivity contribution < 1.29 is 18.8 Å². The summed E-state index contributed by atoms with van der Waals surface area (Å²) in [5, 5.41) is 2.65. The summed E-state index contributed by atoms with van der Waals surface area (Å²) < 4.78 is 15.9. The van der Waals surface area contributed by atoms with Crippen LogP contribution in [0.3, 0.4) is 0 Å². The standard InChI is InChI=1S/C24H23FN4O3/c1-14-8-9-17(12-19(14)25)29-15(2)11-18(16(29)3)20(30)13-28-22(31)24(4,27-23(28)32)21-7-5-6-10-26-21/h5-12H,13H2,1-4H3,(H,27,32). The van der Waals surface area contributed by atoms with E-state index in [9.17, 15) is 18.8 Å². The van der Waals surface area contributed by atoms with Crippen LogP contribution in [0.15, 0.2) is 48.7 Å². The second-order valence-corrected chi connectivity index (χ2v) is 8.14.